The molecule has 0 aliphatic rings. The summed E-state index contributed by atoms with van der Waals surface area (Å²) in [7, 11) is 0. The number of nitrogens with one attached hydrogen (secondary N) is 1. The van der Waals surface area contributed by atoms with Crippen molar-refractivity contribution in [2.75, 3.05) is 13.2 Å². The number of rotatable bonds is 10. The molecule has 2 amide bonds. The van der Waals surface area contributed by atoms with Crippen molar-refractivity contribution in [1.29, 1.82) is 0 Å². The Kier molecular flexibility index (Phi) is 8.90. The molecule has 1 atom stereocenters. The molecule has 0 aromatic heterocycles. The molecule has 0 aliphatic heterocycles. The van der Waals surface area contributed by atoms with Crippen LogP contribution in [0.25, 0.3) is 0 Å². The molecule has 5 nitrogen and oxygen atoms in total. The van der Waals surface area contributed by atoms with E-state index in [4.69, 9.17) is 4.74 Å². The fraction of sp³-hybridized carbons (Fsp3) is 0.440. The molecule has 2 rings (SSSR count). The minimum Gasteiger partial charge on any atom is -0.483 e. The van der Waals surface area contributed by atoms with E-state index in [0.717, 1.165) is 16.7 Å². The van der Waals surface area contributed by atoms with Crippen LogP contribution in [0.4, 0.5) is 0 Å². The number of amides is 2. The molecule has 0 spiro atoms. The summed E-state index contributed by atoms with van der Waals surface area (Å²) in [4.78, 5) is 27.5. The van der Waals surface area contributed by atoms with Crippen molar-refractivity contribution >= 4 is 11.8 Å². The number of hydrogen-bond acceptors (Lipinski definition) is 3. The molecule has 0 unspecified atom stereocenters. The van der Waals surface area contributed by atoms with Gasteiger partial charge in [-0.15, -0.1) is 0 Å². The summed E-state index contributed by atoms with van der Waals surface area (Å²) in [5.41, 5.74) is 3.17. The molecular weight excluding hydrogens is 376 g/mol. The van der Waals surface area contributed by atoms with Gasteiger partial charge in [0.1, 0.15) is 11.8 Å². The van der Waals surface area contributed by atoms with Crippen LogP contribution >= 0.6 is 0 Å². The highest BCUT2D eigenvalue weighted by molar-refractivity contribution is 5.88. The monoisotopic (exact) mass is 410 g/mol. The summed E-state index contributed by atoms with van der Waals surface area (Å²) in [5, 5.41) is 2.85. The lowest BCUT2D eigenvalue weighted by Gasteiger charge is -2.30. The van der Waals surface area contributed by atoms with Crippen molar-refractivity contribution in [3.05, 3.63) is 65.2 Å². The van der Waals surface area contributed by atoms with E-state index in [2.05, 4.69) is 19.2 Å². The molecule has 0 saturated carbocycles. The van der Waals surface area contributed by atoms with Crippen LogP contribution < -0.4 is 10.1 Å². The fourth-order valence-electron chi connectivity index (χ4n) is 3.53. The number of aryl methyl sites for hydroxylation is 1. The Labute approximate surface area is 180 Å². The van der Waals surface area contributed by atoms with Crippen molar-refractivity contribution in [3.63, 3.8) is 0 Å². The van der Waals surface area contributed by atoms with Crippen LogP contribution in [-0.4, -0.2) is 35.9 Å². The summed E-state index contributed by atoms with van der Waals surface area (Å²) in [6.45, 7) is 10.8. The molecular formula is C25H34N2O3. The van der Waals surface area contributed by atoms with Gasteiger partial charge in [-0.25, -0.2) is 0 Å². The average molecular weight is 411 g/mol. The molecule has 0 fully saturated rings. The van der Waals surface area contributed by atoms with Crippen LogP contribution in [0.5, 0.6) is 5.75 Å². The highest BCUT2D eigenvalue weighted by Crippen LogP contribution is 2.26. The Morgan fingerprint density at radius 1 is 1.07 bits per heavy atom. The number of nitrogens with zero attached hydrogens (tertiary/aromatic N) is 1. The molecule has 2 aromatic rings. The predicted octanol–water partition coefficient (Wildman–Crippen LogP) is 4.44. The number of likely N-dealkylation sites (N-methyl/N-ethyl adjacent to an activating group) is 1. The van der Waals surface area contributed by atoms with Gasteiger partial charge in [0.05, 0.1) is 0 Å². The third-order valence-electron chi connectivity index (χ3n) is 5.06. The van der Waals surface area contributed by atoms with Gasteiger partial charge in [0.2, 0.25) is 5.91 Å². The zero-order valence-corrected chi connectivity index (χ0v) is 18.8. The van der Waals surface area contributed by atoms with Crippen LogP contribution in [0, 0.1) is 6.92 Å². The lowest BCUT2D eigenvalue weighted by molar-refractivity contribution is -0.142. The van der Waals surface area contributed by atoms with Crippen molar-refractivity contribution in [1.82, 2.24) is 10.2 Å². The van der Waals surface area contributed by atoms with Gasteiger partial charge in [0, 0.05) is 13.1 Å². The molecule has 1 N–H and O–H groups in total. The third kappa shape index (κ3) is 6.34. The van der Waals surface area contributed by atoms with Gasteiger partial charge >= 0.3 is 0 Å². The van der Waals surface area contributed by atoms with Crippen LogP contribution in [0.2, 0.25) is 0 Å². The topological polar surface area (TPSA) is 58.6 Å². The molecule has 0 bridgehead atoms. The maximum absolute atomic E-state index is 13.2. The first-order chi connectivity index (χ1) is 14.4. The molecule has 162 valence electrons. The zero-order valence-electron chi connectivity index (χ0n) is 18.8. The summed E-state index contributed by atoms with van der Waals surface area (Å²) in [6, 6.07) is 15.2. The largest absolute Gasteiger partial charge is 0.483 e. The van der Waals surface area contributed by atoms with Crippen LogP contribution in [0.3, 0.4) is 0 Å². The van der Waals surface area contributed by atoms with Gasteiger partial charge in [0.15, 0.2) is 6.61 Å². The Balaban J connectivity index is 2.24. The average Bonchev–Trinajstić information content (AvgIpc) is 2.72. The van der Waals surface area contributed by atoms with Crippen molar-refractivity contribution in [2.45, 2.75) is 59.5 Å². The lowest BCUT2D eigenvalue weighted by atomic mass is 10.0. The zero-order chi connectivity index (χ0) is 22.1. The molecule has 0 saturated heterocycles. The van der Waals surface area contributed by atoms with E-state index in [-0.39, 0.29) is 18.4 Å². The Bertz CT molecular complexity index is 848. The van der Waals surface area contributed by atoms with Gasteiger partial charge in [-0.1, -0.05) is 68.8 Å². The van der Waals surface area contributed by atoms with E-state index in [0.29, 0.717) is 31.2 Å². The number of carbonyl (C=O) groups excluding carboxylic acids is 2. The molecule has 2 aromatic carbocycles. The van der Waals surface area contributed by atoms with Crippen molar-refractivity contribution in [2.24, 2.45) is 0 Å². The van der Waals surface area contributed by atoms with E-state index in [1.54, 1.807) is 4.90 Å². The first kappa shape index (κ1) is 23.5. The highest BCUT2D eigenvalue weighted by atomic mass is 16.5. The second kappa shape index (κ2) is 11.4. The van der Waals surface area contributed by atoms with Crippen LogP contribution in [-0.2, 0) is 16.1 Å². The van der Waals surface area contributed by atoms with E-state index in [1.165, 1.54) is 0 Å². The van der Waals surface area contributed by atoms with Crippen molar-refractivity contribution < 1.29 is 14.3 Å². The molecule has 5 heteroatoms. The van der Waals surface area contributed by atoms with Gasteiger partial charge < -0.3 is 15.0 Å². The van der Waals surface area contributed by atoms with E-state index < -0.39 is 6.04 Å². The van der Waals surface area contributed by atoms with Crippen LogP contribution in [0.15, 0.2) is 48.5 Å². The maximum atomic E-state index is 13.2. The number of benzene rings is 2. The Morgan fingerprint density at radius 2 is 1.80 bits per heavy atom. The molecule has 0 heterocycles. The first-order valence-electron chi connectivity index (χ1n) is 10.7. The third-order valence-corrected chi connectivity index (χ3v) is 5.06. The van der Waals surface area contributed by atoms with E-state index in [9.17, 15) is 9.59 Å². The molecule has 0 radical (unpaired) electrons. The highest BCUT2D eigenvalue weighted by Gasteiger charge is 2.28. The van der Waals surface area contributed by atoms with Gasteiger partial charge in [-0.3, -0.25) is 9.59 Å². The smallest absolute Gasteiger partial charge is 0.261 e. The molecule has 0 aliphatic carbocycles. The fourth-order valence-corrected chi connectivity index (χ4v) is 3.53. The number of hydrogen-bond donors (Lipinski definition) is 1. The van der Waals surface area contributed by atoms with Crippen LogP contribution in [0.1, 0.15) is 56.7 Å². The second-order valence-electron chi connectivity index (χ2n) is 7.81. The summed E-state index contributed by atoms with van der Waals surface area (Å²) < 4.78 is 5.91. The SMILES string of the molecule is CCNC(=O)[C@@H](CC)N(Cc1cccc(C)c1)C(=O)COc1ccccc1C(C)C. The van der Waals surface area contributed by atoms with E-state index >= 15 is 0 Å². The summed E-state index contributed by atoms with van der Waals surface area (Å²) >= 11 is 0. The first-order valence-corrected chi connectivity index (χ1v) is 10.7. The van der Waals surface area contributed by atoms with Gasteiger partial charge in [-0.05, 0) is 43.4 Å². The number of para-hydroxylation sites is 1. The standard InChI is InChI=1S/C25H34N2O3/c1-6-22(25(29)26-7-2)27(16-20-12-10-11-19(5)15-20)24(28)17-30-23-14-9-8-13-21(23)18(3)4/h8-15,18,22H,6-7,16-17H2,1-5H3,(H,26,29)/t22-/m1/s1. The predicted molar refractivity (Wildman–Crippen MR) is 121 cm³/mol. The van der Waals surface area contributed by atoms with Gasteiger partial charge in [-0.2, -0.15) is 0 Å². The Hall–Kier alpha value is -2.82. The number of carbonyl (C=O) groups is 2. The van der Waals surface area contributed by atoms with Gasteiger partial charge in [0.25, 0.3) is 5.91 Å². The molecule has 30 heavy (non-hydrogen) atoms. The summed E-state index contributed by atoms with van der Waals surface area (Å²) in [5.74, 6) is 0.664. The van der Waals surface area contributed by atoms with Crippen molar-refractivity contribution in [3.8, 4) is 5.75 Å². The quantitative estimate of drug-likeness (QED) is 0.630. The minimum atomic E-state index is -0.540. The summed E-state index contributed by atoms with van der Waals surface area (Å²) in [6.07, 6.45) is 0.534. The normalized spacial score (nSPS) is 11.8. The second-order valence-corrected chi connectivity index (χ2v) is 7.81. The lowest BCUT2D eigenvalue weighted by Crippen LogP contribution is -2.50. The Morgan fingerprint density at radius 3 is 2.43 bits per heavy atom. The number of ether oxygens (including phenoxy) is 1. The minimum absolute atomic E-state index is 0.106. The maximum Gasteiger partial charge on any atom is 0.261 e. The van der Waals surface area contributed by atoms with E-state index in [1.807, 2.05) is 69.3 Å².